The zero-order valence-electron chi connectivity index (χ0n) is 18.3. The maximum Gasteiger partial charge on any atom is 0.405 e. The first kappa shape index (κ1) is 20.5. The third-order valence-corrected chi connectivity index (χ3v) is 7.50. The third kappa shape index (κ3) is 4.08. The molecule has 2 fully saturated rings. The molecule has 0 saturated carbocycles. The van der Waals surface area contributed by atoms with Gasteiger partial charge in [-0.25, -0.2) is 9.78 Å². The predicted molar refractivity (Wildman–Crippen MR) is 119 cm³/mol. The van der Waals surface area contributed by atoms with Crippen molar-refractivity contribution in [2.24, 2.45) is 0 Å². The predicted octanol–water partition coefficient (Wildman–Crippen LogP) is 3.40. The Balaban J connectivity index is 1.27. The number of nitrogens with one attached hydrogen (secondary N) is 2. The highest BCUT2D eigenvalue weighted by Crippen LogP contribution is 2.42. The van der Waals surface area contributed by atoms with Gasteiger partial charge in [-0.15, -0.1) is 0 Å². The van der Waals surface area contributed by atoms with Crippen molar-refractivity contribution in [3.63, 3.8) is 0 Å². The molecule has 4 heterocycles. The van der Waals surface area contributed by atoms with Gasteiger partial charge in [0.15, 0.2) is 0 Å². The molecule has 0 radical (unpaired) electrons. The number of nitrogens with zero attached hydrogens (tertiary/aromatic N) is 3. The first-order chi connectivity index (χ1) is 15.1. The quantitative estimate of drug-likeness (QED) is 0.663. The van der Waals surface area contributed by atoms with Gasteiger partial charge >= 0.3 is 6.09 Å². The smallest absolute Gasteiger partial charge is 0.405 e. The molecule has 0 spiro atoms. The molecule has 2 unspecified atom stereocenters. The number of amides is 1. The van der Waals surface area contributed by atoms with E-state index in [0.717, 1.165) is 38.0 Å². The number of fused-ring (bicyclic) bond motifs is 3. The molecular formula is C24H33N5O2. The maximum absolute atomic E-state index is 11.4. The molecule has 5 rings (SSSR count). The lowest BCUT2D eigenvalue weighted by atomic mass is 9.95. The van der Waals surface area contributed by atoms with Crippen LogP contribution in [0, 0.1) is 6.92 Å². The van der Waals surface area contributed by atoms with Gasteiger partial charge in [-0.3, -0.25) is 4.90 Å². The van der Waals surface area contributed by atoms with Gasteiger partial charge in [0.25, 0.3) is 0 Å². The van der Waals surface area contributed by atoms with Crippen LogP contribution >= 0.6 is 0 Å². The molecule has 2 saturated heterocycles. The molecule has 3 aliphatic rings. The summed E-state index contributed by atoms with van der Waals surface area (Å²) in [6.45, 7) is 5.04. The molecule has 3 atom stereocenters. The van der Waals surface area contributed by atoms with Crippen molar-refractivity contribution >= 4 is 6.09 Å². The van der Waals surface area contributed by atoms with Gasteiger partial charge in [0.05, 0.1) is 11.7 Å². The van der Waals surface area contributed by atoms with Gasteiger partial charge in [-0.1, -0.05) is 30.3 Å². The Bertz CT molecular complexity index is 914. The van der Waals surface area contributed by atoms with Crippen LogP contribution in [0.4, 0.5) is 4.79 Å². The number of hydrogen-bond acceptors (Lipinski definition) is 4. The van der Waals surface area contributed by atoms with E-state index in [0.29, 0.717) is 18.1 Å². The molecule has 1 aromatic carbocycles. The highest BCUT2D eigenvalue weighted by atomic mass is 16.4. The number of piperidine rings is 1. The minimum absolute atomic E-state index is 0.161. The Kier molecular flexibility index (Phi) is 5.71. The minimum atomic E-state index is -0.953. The van der Waals surface area contributed by atoms with E-state index < -0.39 is 6.09 Å². The molecule has 7 nitrogen and oxygen atoms in total. The Morgan fingerprint density at radius 1 is 1.23 bits per heavy atom. The van der Waals surface area contributed by atoms with E-state index in [1.165, 1.54) is 42.9 Å². The fourth-order valence-corrected chi connectivity index (χ4v) is 6.21. The number of rotatable bonds is 6. The fraction of sp³-hybridized carbons (Fsp3) is 0.583. The molecular weight excluding hydrogens is 390 g/mol. The van der Waals surface area contributed by atoms with Gasteiger partial charge in [-0.2, -0.15) is 0 Å². The Hall–Kier alpha value is -2.38. The first-order valence-corrected chi connectivity index (χ1v) is 11.7. The van der Waals surface area contributed by atoms with Crippen LogP contribution in [0.3, 0.4) is 0 Å². The van der Waals surface area contributed by atoms with E-state index in [1.54, 1.807) is 0 Å². The van der Waals surface area contributed by atoms with Crippen molar-refractivity contribution in [3.8, 4) is 0 Å². The van der Waals surface area contributed by atoms with Gasteiger partial charge in [0.1, 0.15) is 5.82 Å². The van der Waals surface area contributed by atoms with Crippen molar-refractivity contribution in [1.82, 2.24) is 25.1 Å². The number of imidazole rings is 1. The van der Waals surface area contributed by atoms with Crippen LogP contribution in [-0.4, -0.2) is 50.8 Å². The fourth-order valence-electron chi connectivity index (χ4n) is 6.21. The van der Waals surface area contributed by atoms with Crippen molar-refractivity contribution in [2.75, 3.05) is 13.1 Å². The maximum atomic E-state index is 11.4. The van der Waals surface area contributed by atoms with Crippen molar-refractivity contribution in [3.05, 3.63) is 53.1 Å². The van der Waals surface area contributed by atoms with E-state index in [1.807, 2.05) is 30.3 Å². The molecule has 1 amide bonds. The molecule has 0 aliphatic carbocycles. The largest absolute Gasteiger partial charge is 0.465 e. The van der Waals surface area contributed by atoms with Gasteiger partial charge in [0.2, 0.25) is 0 Å². The van der Waals surface area contributed by atoms with E-state index in [4.69, 9.17) is 4.98 Å². The van der Waals surface area contributed by atoms with Crippen molar-refractivity contribution in [2.45, 2.75) is 76.2 Å². The summed E-state index contributed by atoms with van der Waals surface area (Å²) in [5, 5.41) is 15.5. The number of carboxylic acid groups (broad SMARTS) is 1. The number of carbonyl (C=O) groups is 1. The molecule has 2 bridgehead atoms. The highest BCUT2D eigenvalue weighted by molar-refractivity contribution is 5.65. The average Bonchev–Trinajstić information content (AvgIpc) is 3.22. The second-order valence-corrected chi connectivity index (χ2v) is 9.30. The van der Waals surface area contributed by atoms with Crippen LogP contribution in [0.25, 0.3) is 0 Å². The van der Waals surface area contributed by atoms with Gasteiger partial charge < -0.3 is 20.3 Å². The second kappa shape index (κ2) is 8.63. The molecule has 7 heteroatoms. The van der Waals surface area contributed by atoms with Crippen molar-refractivity contribution < 1.29 is 9.90 Å². The standard InChI is InChI=1S/C24H33N5O2/c1-16-26-22-15-25-11-9-23(22)29(16)20-13-18-7-8-19(14-20)28(18)12-10-21(27-24(30)31)17-5-3-2-4-6-17/h2-6,18-21,25,27H,7-15H2,1H3,(H,30,31)/t18?,19?,20?,21-/m0/s1. The van der Waals surface area contributed by atoms with Gasteiger partial charge in [-0.05, 0) is 44.6 Å². The summed E-state index contributed by atoms with van der Waals surface area (Å²) in [7, 11) is 0. The van der Waals surface area contributed by atoms with Gasteiger partial charge in [0, 0.05) is 49.9 Å². The van der Waals surface area contributed by atoms with E-state index in [9.17, 15) is 9.90 Å². The summed E-state index contributed by atoms with van der Waals surface area (Å²) in [4.78, 5) is 18.9. The zero-order chi connectivity index (χ0) is 21.4. The number of hydrogen-bond donors (Lipinski definition) is 3. The van der Waals surface area contributed by atoms with Crippen LogP contribution in [0.2, 0.25) is 0 Å². The second-order valence-electron chi connectivity index (χ2n) is 9.30. The van der Waals surface area contributed by atoms with E-state index in [-0.39, 0.29) is 6.04 Å². The molecule has 31 heavy (non-hydrogen) atoms. The summed E-state index contributed by atoms with van der Waals surface area (Å²) in [5.41, 5.74) is 3.73. The first-order valence-electron chi connectivity index (χ1n) is 11.7. The van der Waals surface area contributed by atoms with E-state index >= 15 is 0 Å². The SMILES string of the molecule is Cc1nc2c(n1C1CC3CCC(C1)N3CC[C@H](NC(=O)O)c1ccccc1)CCNC2. The van der Waals surface area contributed by atoms with Crippen LogP contribution in [-0.2, 0) is 13.0 Å². The minimum Gasteiger partial charge on any atom is -0.465 e. The highest BCUT2D eigenvalue weighted by Gasteiger charge is 2.42. The normalized spacial score (nSPS) is 26.4. The Morgan fingerprint density at radius 2 is 1.97 bits per heavy atom. The van der Waals surface area contributed by atoms with Crippen LogP contribution < -0.4 is 10.6 Å². The molecule has 1 aromatic heterocycles. The number of aromatic nitrogens is 2. The summed E-state index contributed by atoms with van der Waals surface area (Å²) >= 11 is 0. The summed E-state index contributed by atoms with van der Waals surface area (Å²) in [6.07, 6.45) is 5.78. The van der Waals surface area contributed by atoms with Crippen LogP contribution in [0.5, 0.6) is 0 Å². The molecule has 3 N–H and O–H groups in total. The number of benzene rings is 1. The van der Waals surface area contributed by atoms with E-state index in [2.05, 4.69) is 27.0 Å². The third-order valence-electron chi connectivity index (χ3n) is 7.50. The summed E-state index contributed by atoms with van der Waals surface area (Å²) < 4.78 is 2.55. The van der Waals surface area contributed by atoms with Crippen LogP contribution in [0.15, 0.2) is 30.3 Å². The monoisotopic (exact) mass is 423 g/mol. The van der Waals surface area contributed by atoms with Crippen molar-refractivity contribution in [1.29, 1.82) is 0 Å². The topological polar surface area (TPSA) is 82.4 Å². The van der Waals surface area contributed by atoms with Crippen LogP contribution in [0.1, 0.15) is 67.0 Å². The zero-order valence-corrected chi connectivity index (χ0v) is 18.3. The molecule has 166 valence electrons. The molecule has 3 aliphatic heterocycles. The molecule has 2 aromatic rings. The summed E-state index contributed by atoms with van der Waals surface area (Å²) in [6, 6.07) is 11.5. The lowest BCUT2D eigenvalue weighted by Crippen LogP contribution is -2.45. The Labute approximate surface area is 183 Å². The summed E-state index contributed by atoms with van der Waals surface area (Å²) in [5.74, 6) is 1.17. The average molecular weight is 424 g/mol. The lowest BCUT2D eigenvalue weighted by Gasteiger charge is -2.41. The lowest BCUT2D eigenvalue weighted by molar-refractivity contribution is 0.0997. The Morgan fingerprint density at radius 3 is 2.68 bits per heavy atom. The number of aryl methyl sites for hydroxylation is 1.